The summed E-state index contributed by atoms with van der Waals surface area (Å²) < 4.78 is 0. The first-order chi connectivity index (χ1) is 11.7. The van der Waals surface area contributed by atoms with E-state index in [4.69, 9.17) is 0 Å². The van der Waals surface area contributed by atoms with Gasteiger partial charge in [0.1, 0.15) is 0 Å². The fourth-order valence-corrected chi connectivity index (χ4v) is 5.33. The molecule has 0 aliphatic rings. The van der Waals surface area contributed by atoms with Crippen LogP contribution in [-0.2, 0) is 4.79 Å². The van der Waals surface area contributed by atoms with E-state index >= 15 is 0 Å². The monoisotopic (exact) mass is 334 g/mol. The van der Waals surface area contributed by atoms with Crippen molar-refractivity contribution >= 4 is 29.8 Å². The van der Waals surface area contributed by atoms with Crippen molar-refractivity contribution in [2.24, 2.45) is 0 Å². The highest BCUT2D eigenvalue weighted by Crippen LogP contribution is 2.35. The van der Waals surface area contributed by atoms with Crippen molar-refractivity contribution in [1.29, 1.82) is 0 Å². The van der Waals surface area contributed by atoms with Gasteiger partial charge in [-0.25, -0.2) is 0 Å². The number of hydrogen-bond donors (Lipinski definition) is 1. The lowest BCUT2D eigenvalue weighted by molar-refractivity contribution is -0.138. The minimum absolute atomic E-state index is 0.529. The Morgan fingerprint density at radius 3 is 1.75 bits per heavy atom. The van der Waals surface area contributed by atoms with Gasteiger partial charge in [0.25, 0.3) is 0 Å². The Kier molecular flexibility index (Phi) is 5.08. The van der Waals surface area contributed by atoms with Crippen molar-refractivity contribution in [2.75, 3.05) is 0 Å². The lowest BCUT2D eigenvalue weighted by Gasteiger charge is -2.23. The topological polar surface area (TPSA) is 37.3 Å². The Morgan fingerprint density at radius 2 is 1.25 bits per heavy atom. The van der Waals surface area contributed by atoms with Gasteiger partial charge in [-0.1, -0.05) is 84.9 Å². The number of carboxylic acid groups (broad SMARTS) is 1. The summed E-state index contributed by atoms with van der Waals surface area (Å²) in [6.07, 6.45) is 0. The second-order valence-corrected chi connectivity index (χ2v) is 7.81. The molecular formula is C21H19O2P. The molecule has 0 aliphatic carbocycles. The summed E-state index contributed by atoms with van der Waals surface area (Å²) in [6, 6.07) is 28.6. The summed E-state index contributed by atoms with van der Waals surface area (Å²) >= 11 is 0. The minimum atomic E-state index is -0.793. The van der Waals surface area contributed by atoms with Crippen molar-refractivity contribution in [1.82, 2.24) is 0 Å². The summed E-state index contributed by atoms with van der Waals surface area (Å²) in [5, 5.41) is 13.1. The van der Waals surface area contributed by atoms with E-state index in [1.165, 1.54) is 10.6 Å². The molecule has 2 nitrogen and oxygen atoms in total. The van der Waals surface area contributed by atoms with Crippen LogP contribution >= 0.6 is 7.92 Å². The molecule has 1 N–H and O–H groups in total. The van der Waals surface area contributed by atoms with Crippen LogP contribution in [0.4, 0.5) is 0 Å². The Labute approximate surface area is 143 Å². The molecule has 3 rings (SSSR count). The lowest BCUT2D eigenvalue weighted by atomic mass is 10.0. The van der Waals surface area contributed by atoms with Crippen LogP contribution in [0.5, 0.6) is 0 Å². The smallest absolute Gasteiger partial charge is 0.310 e. The molecule has 0 fully saturated rings. The molecule has 0 radical (unpaired) electrons. The molecule has 0 heterocycles. The molecule has 0 spiro atoms. The Bertz CT molecular complexity index is 776. The van der Waals surface area contributed by atoms with Gasteiger partial charge in [-0.2, -0.15) is 0 Å². The van der Waals surface area contributed by atoms with E-state index in [1.54, 1.807) is 6.92 Å². The molecular weight excluding hydrogens is 315 g/mol. The van der Waals surface area contributed by atoms with Gasteiger partial charge in [0.2, 0.25) is 0 Å². The van der Waals surface area contributed by atoms with Gasteiger partial charge in [-0.15, -0.1) is 0 Å². The number of aliphatic carboxylic acids is 1. The van der Waals surface area contributed by atoms with Gasteiger partial charge < -0.3 is 5.11 Å². The predicted octanol–water partition coefficient (Wildman–Crippen LogP) is 3.63. The van der Waals surface area contributed by atoms with Crippen LogP contribution in [0.15, 0.2) is 84.9 Å². The molecule has 3 aromatic rings. The van der Waals surface area contributed by atoms with Gasteiger partial charge in [0.15, 0.2) is 0 Å². The normalized spacial score (nSPS) is 12.1. The summed E-state index contributed by atoms with van der Waals surface area (Å²) in [7, 11) is -0.787. The second-order valence-electron chi connectivity index (χ2n) is 5.63. The first-order valence-electron chi connectivity index (χ1n) is 7.90. The fourth-order valence-electron chi connectivity index (χ4n) is 2.77. The summed E-state index contributed by atoms with van der Waals surface area (Å²) in [6.45, 7) is 1.75. The third-order valence-corrected chi connectivity index (χ3v) is 6.56. The van der Waals surface area contributed by atoms with Gasteiger partial charge in [-0.3, -0.25) is 4.79 Å². The van der Waals surface area contributed by atoms with E-state index in [0.29, 0.717) is 0 Å². The average molecular weight is 334 g/mol. The molecule has 3 aromatic carbocycles. The molecule has 120 valence electrons. The van der Waals surface area contributed by atoms with E-state index in [-0.39, 0.29) is 0 Å². The van der Waals surface area contributed by atoms with Crippen LogP contribution in [0.3, 0.4) is 0 Å². The highest BCUT2D eigenvalue weighted by atomic mass is 31.1. The molecule has 0 aliphatic heterocycles. The van der Waals surface area contributed by atoms with E-state index in [1.807, 2.05) is 54.6 Å². The van der Waals surface area contributed by atoms with Crippen LogP contribution in [0.1, 0.15) is 18.4 Å². The van der Waals surface area contributed by atoms with E-state index in [0.717, 1.165) is 10.9 Å². The van der Waals surface area contributed by atoms with Crippen molar-refractivity contribution in [2.45, 2.75) is 12.8 Å². The molecule has 0 saturated heterocycles. The third-order valence-electron chi connectivity index (χ3n) is 4.04. The van der Waals surface area contributed by atoms with Crippen molar-refractivity contribution in [3.8, 4) is 0 Å². The van der Waals surface area contributed by atoms with Crippen LogP contribution < -0.4 is 15.9 Å². The number of benzene rings is 3. The summed E-state index contributed by atoms with van der Waals surface area (Å²) in [5.74, 6) is -1.32. The Hall–Kier alpha value is -2.44. The predicted molar refractivity (Wildman–Crippen MR) is 101 cm³/mol. The number of hydrogen-bond acceptors (Lipinski definition) is 1. The fraction of sp³-hybridized carbons (Fsp3) is 0.0952. The lowest BCUT2D eigenvalue weighted by Crippen LogP contribution is -2.25. The number of carbonyl (C=O) groups is 1. The first kappa shape index (κ1) is 16.4. The number of carboxylic acids is 1. The molecule has 3 heteroatoms. The minimum Gasteiger partial charge on any atom is -0.481 e. The second kappa shape index (κ2) is 7.42. The maximum absolute atomic E-state index is 11.6. The van der Waals surface area contributed by atoms with Crippen molar-refractivity contribution in [3.05, 3.63) is 90.5 Å². The van der Waals surface area contributed by atoms with Gasteiger partial charge in [0.05, 0.1) is 5.92 Å². The zero-order valence-corrected chi connectivity index (χ0v) is 14.4. The maximum atomic E-state index is 11.6. The van der Waals surface area contributed by atoms with E-state index < -0.39 is 19.8 Å². The quantitative estimate of drug-likeness (QED) is 0.724. The molecule has 1 unspecified atom stereocenters. The van der Waals surface area contributed by atoms with Crippen LogP contribution in [-0.4, -0.2) is 11.1 Å². The van der Waals surface area contributed by atoms with E-state index in [9.17, 15) is 9.90 Å². The summed E-state index contributed by atoms with van der Waals surface area (Å²) in [4.78, 5) is 11.6. The average Bonchev–Trinajstić information content (AvgIpc) is 2.63. The van der Waals surface area contributed by atoms with Gasteiger partial charge in [-0.05, 0) is 36.3 Å². The molecule has 0 aromatic heterocycles. The van der Waals surface area contributed by atoms with Crippen LogP contribution in [0, 0.1) is 0 Å². The Morgan fingerprint density at radius 1 is 0.792 bits per heavy atom. The SMILES string of the molecule is CC(C(=O)O)c1ccccc1P(c1ccccc1)c1ccccc1. The molecule has 24 heavy (non-hydrogen) atoms. The van der Waals surface area contributed by atoms with E-state index in [2.05, 4.69) is 30.3 Å². The first-order valence-corrected chi connectivity index (χ1v) is 9.24. The highest BCUT2D eigenvalue weighted by molar-refractivity contribution is 7.79. The third kappa shape index (κ3) is 3.39. The Balaban J connectivity index is 2.19. The molecule has 0 amide bonds. The number of rotatable bonds is 5. The molecule has 1 atom stereocenters. The molecule has 0 bridgehead atoms. The summed E-state index contributed by atoms with van der Waals surface area (Å²) in [5.41, 5.74) is 0.892. The molecule has 0 saturated carbocycles. The zero-order valence-electron chi connectivity index (χ0n) is 13.5. The van der Waals surface area contributed by atoms with Crippen molar-refractivity contribution in [3.63, 3.8) is 0 Å². The van der Waals surface area contributed by atoms with Crippen molar-refractivity contribution < 1.29 is 9.90 Å². The maximum Gasteiger partial charge on any atom is 0.310 e. The largest absolute Gasteiger partial charge is 0.481 e. The highest BCUT2D eigenvalue weighted by Gasteiger charge is 2.24. The standard InChI is InChI=1S/C21H19O2P/c1-16(21(22)23)19-14-8-9-15-20(19)24(17-10-4-2-5-11-17)18-12-6-3-7-13-18/h2-16H,1H3,(H,22,23). The van der Waals surface area contributed by atoms with Gasteiger partial charge >= 0.3 is 5.97 Å². The van der Waals surface area contributed by atoms with Gasteiger partial charge in [0, 0.05) is 0 Å². The zero-order chi connectivity index (χ0) is 16.9. The van der Waals surface area contributed by atoms with Crippen LogP contribution in [0.25, 0.3) is 0 Å². The van der Waals surface area contributed by atoms with Crippen LogP contribution in [0.2, 0.25) is 0 Å².